The van der Waals surface area contributed by atoms with Crippen molar-refractivity contribution >= 4 is 18.1 Å². The van der Waals surface area contributed by atoms with Crippen LogP contribution in [0.1, 0.15) is 12.5 Å². The Labute approximate surface area is 73.3 Å². The van der Waals surface area contributed by atoms with E-state index in [0.29, 0.717) is 0 Å². The molecule has 0 saturated heterocycles. The van der Waals surface area contributed by atoms with Crippen molar-refractivity contribution in [2.75, 3.05) is 12.4 Å². The van der Waals surface area contributed by atoms with Crippen LogP contribution in [0.2, 0.25) is 0 Å². The van der Waals surface area contributed by atoms with E-state index >= 15 is 0 Å². The van der Waals surface area contributed by atoms with Gasteiger partial charge in [-0.05, 0) is 30.8 Å². The van der Waals surface area contributed by atoms with E-state index in [-0.39, 0.29) is 0 Å². The van der Waals surface area contributed by atoms with Crippen molar-refractivity contribution in [1.82, 2.24) is 0 Å². The van der Waals surface area contributed by atoms with E-state index in [0.717, 1.165) is 17.8 Å². The maximum absolute atomic E-state index is 3.94. The summed E-state index contributed by atoms with van der Waals surface area (Å²) in [6.07, 6.45) is 1.03. The average Bonchev–Trinajstić information content (AvgIpc) is 2.16. The third-order valence-electron chi connectivity index (χ3n) is 1.91. The minimum atomic E-state index is 0.928. The van der Waals surface area contributed by atoms with Crippen molar-refractivity contribution < 1.29 is 0 Å². The Kier molecular flexibility index (Phi) is 2.86. The monoisotopic (exact) mass is 162 g/mol. The standard InChI is InChI=1S/C10H14N2/c1-4-8-5-6-9(11-2)10(7-8)12-3/h5-7,11H,3-4H2,1-2H3. The molecule has 0 aliphatic carbocycles. The molecule has 0 unspecified atom stereocenters. The first-order chi connectivity index (χ1) is 5.81. The summed E-state index contributed by atoms with van der Waals surface area (Å²) in [4.78, 5) is 3.94. The molecule has 64 valence electrons. The average molecular weight is 162 g/mol. The molecule has 0 atom stereocenters. The summed E-state index contributed by atoms with van der Waals surface area (Å²) in [5, 5.41) is 3.06. The van der Waals surface area contributed by atoms with Crippen molar-refractivity contribution in [3.63, 3.8) is 0 Å². The molecule has 0 fully saturated rings. The van der Waals surface area contributed by atoms with E-state index in [2.05, 4.69) is 36.1 Å². The van der Waals surface area contributed by atoms with Gasteiger partial charge in [0.25, 0.3) is 0 Å². The third-order valence-corrected chi connectivity index (χ3v) is 1.91. The lowest BCUT2D eigenvalue weighted by Gasteiger charge is -2.05. The topological polar surface area (TPSA) is 24.4 Å². The maximum atomic E-state index is 3.94. The summed E-state index contributed by atoms with van der Waals surface area (Å²) < 4.78 is 0. The van der Waals surface area contributed by atoms with Crippen LogP contribution in [0.4, 0.5) is 11.4 Å². The van der Waals surface area contributed by atoms with Gasteiger partial charge in [-0.15, -0.1) is 0 Å². The lowest BCUT2D eigenvalue weighted by Crippen LogP contribution is -1.89. The van der Waals surface area contributed by atoms with E-state index in [1.54, 1.807) is 0 Å². The predicted octanol–water partition coefficient (Wildman–Crippen LogP) is 2.62. The summed E-state index contributed by atoms with van der Waals surface area (Å²) >= 11 is 0. The molecule has 1 aromatic carbocycles. The van der Waals surface area contributed by atoms with Gasteiger partial charge in [0, 0.05) is 7.05 Å². The summed E-state index contributed by atoms with van der Waals surface area (Å²) in [7, 11) is 1.88. The van der Waals surface area contributed by atoms with Crippen LogP contribution in [0.15, 0.2) is 23.2 Å². The second-order valence-electron chi connectivity index (χ2n) is 2.61. The Morgan fingerprint density at radius 1 is 1.50 bits per heavy atom. The Hall–Kier alpha value is -1.31. The molecule has 1 N–H and O–H groups in total. The van der Waals surface area contributed by atoms with Crippen LogP contribution >= 0.6 is 0 Å². The van der Waals surface area contributed by atoms with Crippen LogP contribution in [0.3, 0.4) is 0 Å². The molecule has 0 radical (unpaired) electrons. The van der Waals surface area contributed by atoms with Gasteiger partial charge < -0.3 is 5.32 Å². The number of nitrogens with one attached hydrogen (secondary N) is 1. The molecule has 0 bridgehead atoms. The molecule has 2 heteroatoms. The highest BCUT2D eigenvalue weighted by Crippen LogP contribution is 2.25. The first-order valence-corrected chi connectivity index (χ1v) is 4.09. The van der Waals surface area contributed by atoms with Crippen LogP contribution in [0.25, 0.3) is 0 Å². The van der Waals surface area contributed by atoms with Gasteiger partial charge in [0.1, 0.15) is 0 Å². The normalized spacial score (nSPS) is 9.50. The highest BCUT2D eigenvalue weighted by molar-refractivity contribution is 5.68. The lowest BCUT2D eigenvalue weighted by atomic mass is 10.1. The van der Waals surface area contributed by atoms with E-state index in [1.807, 2.05) is 13.1 Å². The van der Waals surface area contributed by atoms with E-state index in [4.69, 9.17) is 0 Å². The van der Waals surface area contributed by atoms with Gasteiger partial charge in [-0.3, -0.25) is 4.99 Å². The lowest BCUT2D eigenvalue weighted by molar-refractivity contribution is 1.14. The molecular formula is C10H14N2. The highest BCUT2D eigenvalue weighted by atomic mass is 14.9. The summed E-state index contributed by atoms with van der Waals surface area (Å²) in [5.74, 6) is 0. The highest BCUT2D eigenvalue weighted by Gasteiger charge is 1.98. The number of rotatable bonds is 3. The number of benzene rings is 1. The second-order valence-corrected chi connectivity index (χ2v) is 2.61. The van der Waals surface area contributed by atoms with Crippen molar-refractivity contribution in [2.24, 2.45) is 4.99 Å². The van der Waals surface area contributed by atoms with Crippen LogP contribution in [0, 0.1) is 0 Å². The van der Waals surface area contributed by atoms with Gasteiger partial charge in [-0.2, -0.15) is 0 Å². The van der Waals surface area contributed by atoms with E-state index in [1.165, 1.54) is 5.56 Å². The van der Waals surface area contributed by atoms with Crippen molar-refractivity contribution in [3.8, 4) is 0 Å². The van der Waals surface area contributed by atoms with Crippen LogP contribution in [-0.2, 0) is 6.42 Å². The zero-order valence-electron chi connectivity index (χ0n) is 7.59. The Morgan fingerprint density at radius 3 is 2.75 bits per heavy atom. The second kappa shape index (κ2) is 3.90. The summed E-state index contributed by atoms with van der Waals surface area (Å²) in [6.45, 7) is 5.65. The largest absolute Gasteiger partial charge is 0.386 e. The van der Waals surface area contributed by atoms with Gasteiger partial charge in [-0.25, -0.2) is 0 Å². The fourth-order valence-electron chi connectivity index (χ4n) is 1.14. The molecule has 0 heterocycles. The molecule has 12 heavy (non-hydrogen) atoms. The number of hydrogen-bond donors (Lipinski definition) is 1. The first-order valence-electron chi connectivity index (χ1n) is 4.09. The van der Waals surface area contributed by atoms with Gasteiger partial charge in [0.15, 0.2) is 0 Å². The number of nitrogens with zero attached hydrogens (tertiary/aromatic N) is 1. The predicted molar refractivity (Wildman–Crippen MR) is 54.6 cm³/mol. The smallest absolute Gasteiger partial charge is 0.0856 e. The number of aryl methyl sites for hydroxylation is 1. The molecule has 0 saturated carbocycles. The zero-order chi connectivity index (χ0) is 8.97. The molecule has 0 amide bonds. The third kappa shape index (κ3) is 1.64. The fraction of sp³-hybridized carbons (Fsp3) is 0.300. The quantitative estimate of drug-likeness (QED) is 0.679. The van der Waals surface area contributed by atoms with Crippen molar-refractivity contribution in [3.05, 3.63) is 23.8 Å². The maximum Gasteiger partial charge on any atom is 0.0856 e. The minimum absolute atomic E-state index is 0.928. The van der Waals surface area contributed by atoms with Crippen LogP contribution in [0.5, 0.6) is 0 Å². The van der Waals surface area contributed by atoms with Crippen molar-refractivity contribution in [2.45, 2.75) is 13.3 Å². The molecule has 0 aliphatic heterocycles. The SMILES string of the molecule is C=Nc1cc(CC)ccc1NC. The Morgan fingerprint density at radius 2 is 2.25 bits per heavy atom. The first kappa shape index (κ1) is 8.78. The summed E-state index contributed by atoms with van der Waals surface area (Å²) in [6, 6.07) is 6.18. The Balaban J connectivity index is 3.10. The van der Waals surface area contributed by atoms with Gasteiger partial charge >= 0.3 is 0 Å². The number of aliphatic imine (C=N–C) groups is 1. The molecule has 0 spiro atoms. The molecule has 2 nitrogen and oxygen atoms in total. The van der Waals surface area contributed by atoms with Gasteiger partial charge in [-0.1, -0.05) is 13.0 Å². The molecule has 1 rings (SSSR count). The number of anilines is 1. The fourth-order valence-corrected chi connectivity index (χ4v) is 1.14. The molecular weight excluding hydrogens is 148 g/mol. The van der Waals surface area contributed by atoms with E-state index < -0.39 is 0 Å². The Bertz CT molecular complexity index is 279. The van der Waals surface area contributed by atoms with Gasteiger partial charge in [0.05, 0.1) is 11.4 Å². The number of hydrogen-bond acceptors (Lipinski definition) is 2. The molecule has 0 aliphatic rings. The molecule has 0 aromatic heterocycles. The van der Waals surface area contributed by atoms with Crippen molar-refractivity contribution in [1.29, 1.82) is 0 Å². The molecule has 1 aromatic rings. The summed E-state index contributed by atoms with van der Waals surface area (Å²) in [5.41, 5.74) is 3.25. The van der Waals surface area contributed by atoms with Crippen LogP contribution in [-0.4, -0.2) is 13.8 Å². The minimum Gasteiger partial charge on any atom is -0.386 e. The van der Waals surface area contributed by atoms with Crippen LogP contribution < -0.4 is 5.32 Å². The van der Waals surface area contributed by atoms with Gasteiger partial charge in [0.2, 0.25) is 0 Å². The van der Waals surface area contributed by atoms with E-state index in [9.17, 15) is 0 Å². The zero-order valence-corrected chi connectivity index (χ0v) is 7.59.